The number of nitriles is 1. The Hall–Kier alpha value is -2.04. The molecular formula is C15H17N5OS. The summed E-state index contributed by atoms with van der Waals surface area (Å²) in [6.45, 7) is 5.05. The molecule has 0 saturated carbocycles. The molecular weight excluding hydrogens is 298 g/mol. The zero-order valence-corrected chi connectivity index (χ0v) is 13.2. The van der Waals surface area contributed by atoms with Crippen molar-refractivity contribution in [3.8, 4) is 11.8 Å². The number of ether oxygens (including phenoxy) is 1. The van der Waals surface area contributed by atoms with Crippen LogP contribution in [0.3, 0.4) is 0 Å². The molecule has 0 bridgehead atoms. The highest BCUT2D eigenvalue weighted by Gasteiger charge is 2.21. The number of thioether (sulfide) groups is 1. The van der Waals surface area contributed by atoms with Crippen molar-refractivity contribution in [3.63, 3.8) is 0 Å². The van der Waals surface area contributed by atoms with Gasteiger partial charge in [-0.15, -0.1) is 10.2 Å². The maximum Gasteiger partial charge on any atom is 0.232 e. The van der Waals surface area contributed by atoms with Crippen LogP contribution in [0.1, 0.15) is 5.56 Å². The van der Waals surface area contributed by atoms with Crippen LogP contribution in [0.2, 0.25) is 0 Å². The van der Waals surface area contributed by atoms with Gasteiger partial charge in [0, 0.05) is 13.1 Å². The zero-order valence-electron chi connectivity index (χ0n) is 12.4. The molecule has 7 heteroatoms. The quantitative estimate of drug-likeness (QED) is 0.804. The predicted molar refractivity (Wildman–Crippen MR) is 85.5 cm³/mol. The lowest BCUT2D eigenvalue weighted by atomic mass is 10.2. The Bertz CT molecular complexity index is 687. The third-order valence-corrected chi connectivity index (χ3v) is 4.23. The number of hydrogen-bond donors (Lipinski definition) is 0. The highest BCUT2D eigenvalue weighted by Crippen LogP contribution is 2.27. The van der Waals surface area contributed by atoms with Gasteiger partial charge in [-0.05, 0) is 24.6 Å². The Morgan fingerprint density at radius 1 is 1.32 bits per heavy atom. The molecule has 114 valence electrons. The van der Waals surface area contributed by atoms with E-state index < -0.39 is 0 Å². The SMILES string of the molecule is Cc1cccc(-n2c(SCC#N)nnc2N2CCOCC2)c1. The Morgan fingerprint density at radius 3 is 2.86 bits per heavy atom. The highest BCUT2D eigenvalue weighted by molar-refractivity contribution is 7.99. The lowest BCUT2D eigenvalue weighted by Crippen LogP contribution is -2.37. The van der Waals surface area contributed by atoms with E-state index in [2.05, 4.69) is 40.2 Å². The van der Waals surface area contributed by atoms with Crippen molar-refractivity contribution >= 4 is 17.7 Å². The first-order valence-electron chi connectivity index (χ1n) is 7.14. The van der Waals surface area contributed by atoms with Crippen LogP contribution < -0.4 is 4.90 Å². The zero-order chi connectivity index (χ0) is 15.4. The van der Waals surface area contributed by atoms with Crippen molar-refractivity contribution in [1.29, 1.82) is 5.26 Å². The summed E-state index contributed by atoms with van der Waals surface area (Å²) in [6, 6.07) is 10.4. The second-order valence-electron chi connectivity index (χ2n) is 5.00. The second kappa shape index (κ2) is 6.81. The molecule has 6 nitrogen and oxygen atoms in total. The maximum absolute atomic E-state index is 8.83. The minimum Gasteiger partial charge on any atom is -0.378 e. The number of benzene rings is 1. The van der Waals surface area contributed by atoms with Gasteiger partial charge in [0.1, 0.15) is 0 Å². The molecule has 0 unspecified atom stereocenters. The van der Waals surface area contributed by atoms with Crippen molar-refractivity contribution in [1.82, 2.24) is 14.8 Å². The number of aryl methyl sites for hydroxylation is 1. The van der Waals surface area contributed by atoms with E-state index in [1.165, 1.54) is 17.3 Å². The summed E-state index contributed by atoms with van der Waals surface area (Å²) >= 11 is 1.40. The molecule has 0 N–H and O–H groups in total. The standard InChI is InChI=1S/C15H17N5OS/c1-12-3-2-4-13(11-12)20-14(19-6-8-21-9-7-19)17-18-15(20)22-10-5-16/h2-4,11H,6-10H2,1H3. The van der Waals surface area contributed by atoms with Crippen molar-refractivity contribution in [2.45, 2.75) is 12.1 Å². The number of morpholine rings is 1. The van der Waals surface area contributed by atoms with E-state index >= 15 is 0 Å². The Morgan fingerprint density at radius 2 is 2.14 bits per heavy atom. The molecule has 1 aliphatic heterocycles. The molecule has 0 atom stereocenters. The van der Waals surface area contributed by atoms with E-state index in [0.717, 1.165) is 29.9 Å². The third kappa shape index (κ3) is 3.08. The minimum absolute atomic E-state index is 0.354. The van der Waals surface area contributed by atoms with Crippen LogP contribution in [0.5, 0.6) is 0 Å². The van der Waals surface area contributed by atoms with Crippen LogP contribution in [-0.4, -0.2) is 46.8 Å². The van der Waals surface area contributed by atoms with Crippen molar-refractivity contribution in [2.75, 3.05) is 37.0 Å². The summed E-state index contributed by atoms with van der Waals surface area (Å²) in [4.78, 5) is 2.18. The molecule has 1 saturated heterocycles. The fourth-order valence-corrected chi connectivity index (χ4v) is 3.02. The van der Waals surface area contributed by atoms with E-state index in [1.54, 1.807) is 0 Å². The number of anilines is 1. The van der Waals surface area contributed by atoms with E-state index in [-0.39, 0.29) is 0 Å². The van der Waals surface area contributed by atoms with Gasteiger partial charge >= 0.3 is 0 Å². The summed E-state index contributed by atoms with van der Waals surface area (Å²) in [5.41, 5.74) is 2.20. The summed E-state index contributed by atoms with van der Waals surface area (Å²) in [7, 11) is 0. The first-order chi connectivity index (χ1) is 10.8. The highest BCUT2D eigenvalue weighted by atomic mass is 32.2. The fourth-order valence-electron chi connectivity index (χ4n) is 2.41. The molecule has 2 aromatic rings. The molecule has 1 aromatic carbocycles. The molecule has 1 fully saturated rings. The topological polar surface area (TPSA) is 67.0 Å². The first kappa shape index (κ1) is 14.9. The molecule has 3 rings (SSSR count). The smallest absolute Gasteiger partial charge is 0.232 e. The van der Waals surface area contributed by atoms with Gasteiger partial charge in [-0.3, -0.25) is 4.57 Å². The first-order valence-corrected chi connectivity index (χ1v) is 8.13. The molecule has 0 amide bonds. The molecule has 1 aromatic heterocycles. The van der Waals surface area contributed by atoms with Gasteiger partial charge in [0.25, 0.3) is 0 Å². The monoisotopic (exact) mass is 315 g/mol. The van der Waals surface area contributed by atoms with E-state index in [0.29, 0.717) is 19.0 Å². The van der Waals surface area contributed by atoms with Gasteiger partial charge in [-0.2, -0.15) is 5.26 Å². The molecule has 22 heavy (non-hydrogen) atoms. The van der Waals surface area contributed by atoms with Gasteiger partial charge in [-0.1, -0.05) is 23.9 Å². The largest absolute Gasteiger partial charge is 0.378 e. The second-order valence-corrected chi connectivity index (χ2v) is 5.95. The molecule has 0 spiro atoms. The molecule has 0 aliphatic carbocycles. The van der Waals surface area contributed by atoms with Gasteiger partial charge in [0.05, 0.1) is 30.7 Å². The molecule has 0 radical (unpaired) electrons. The Balaban J connectivity index is 2.02. The summed E-state index contributed by atoms with van der Waals surface area (Å²) in [5, 5.41) is 18.2. The third-order valence-electron chi connectivity index (χ3n) is 3.44. The van der Waals surface area contributed by atoms with Crippen molar-refractivity contribution in [2.24, 2.45) is 0 Å². The molecule has 1 aliphatic rings. The van der Waals surface area contributed by atoms with Gasteiger partial charge in [0.2, 0.25) is 5.95 Å². The lowest BCUT2D eigenvalue weighted by Gasteiger charge is -2.28. The fraction of sp³-hybridized carbons (Fsp3) is 0.400. The van der Waals surface area contributed by atoms with E-state index in [9.17, 15) is 0 Å². The summed E-state index contributed by atoms with van der Waals surface area (Å²) < 4.78 is 7.44. The minimum atomic E-state index is 0.354. The van der Waals surface area contributed by atoms with Gasteiger partial charge < -0.3 is 9.64 Å². The number of rotatable bonds is 4. The summed E-state index contributed by atoms with van der Waals surface area (Å²) in [6.07, 6.45) is 0. The van der Waals surface area contributed by atoms with Crippen LogP contribution in [0.15, 0.2) is 29.4 Å². The number of hydrogen-bond acceptors (Lipinski definition) is 6. The number of nitrogens with zero attached hydrogens (tertiary/aromatic N) is 5. The molecule has 2 heterocycles. The van der Waals surface area contributed by atoms with Crippen LogP contribution >= 0.6 is 11.8 Å². The van der Waals surface area contributed by atoms with Gasteiger partial charge in [0.15, 0.2) is 5.16 Å². The Kier molecular flexibility index (Phi) is 4.61. The van der Waals surface area contributed by atoms with Crippen LogP contribution in [0.4, 0.5) is 5.95 Å². The van der Waals surface area contributed by atoms with Crippen molar-refractivity contribution in [3.05, 3.63) is 29.8 Å². The van der Waals surface area contributed by atoms with Crippen LogP contribution in [0.25, 0.3) is 5.69 Å². The van der Waals surface area contributed by atoms with Gasteiger partial charge in [-0.25, -0.2) is 0 Å². The Labute approximate surface area is 133 Å². The lowest BCUT2D eigenvalue weighted by molar-refractivity contribution is 0.122. The van der Waals surface area contributed by atoms with E-state index in [1.807, 2.05) is 16.7 Å². The summed E-state index contributed by atoms with van der Waals surface area (Å²) in [5.74, 6) is 1.17. The maximum atomic E-state index is 8.83. The normalized spacial score (nSPS) is 14.8. The van der Waals surface area contributed by atoms with Crippen LogP contribution in [-0.2, 0) is 4.74 Å². The predicted octanol–water partition coefficient (Wildman–Crippen LogP) is 2.03. The average molecular weight is 315 g/mol. The number of aromatic nitrogens is 3. The van der Waals surface area contributed by atoms with Crippen molar-refractivity contribution < 1.29 is 4.74 Å². The van der Waals surface area contributed by atoms with Crippen LogP contribution in [0, 0.1) is 18.3 Å². The average Bonchev–Trinajstić information content (AvgIpc) is 2.97. The van der Waals surface area contributed by atoms with E-state index in [4.69, 9.17) is 10.00 Å².